The first-order valence-corrected chi connectivity index (χ1v) is 4.62. The Morgan fingerprint density at radius 2 is 2.08 bits per heavy atom. The summed E-state index contributed by atoms with van der Waals surface area (Å²) in [6.45, 7) is 3.00. The molecular formula is C10H13FO2. The molecule has 2 bridgehead atoms. The lowest BCUT2D eigenvalue weighted by molar-refractivity contribution is -0.142. The van der Waals surface area contributed by atoms with E-state index in [-0.39, 0.29) is 11.7 Å². The standard InChI is InChI=1S/C10H13FO2/c1-9(2)6-3-4-10(9,5-11)8(13)7(6)12/h6H,3-5H2,1-2H3. The summed E-state index contributed by atoms with van der Waals surface area (Å²) < 4.78 is 12.9. The first-order valence-electron chi connectivity index (χ1n) is 4.62. The number of rotatable bonds is 1. The quantitative estimate of drug-likeness (QED) is 0.579. The van der Waals surface area contributed by atoms with E-state index >= 15 is 0 Å². The second-order valence-corrected chi connectivity index (χ2v) is 4.72. The Bertz CT molecular complexity index is 295. The van der Waals surface area contributed by atoms with Crippen LogP contribution < -0.4 is 0 Å². The summed E-state index contributed by atoms with van der Waals surface area (Å²) in [5.74, 6) is -1.03. The number of ketones is 2. The average molecular weight is 184 g/mol. The number of hydrogen-bond acceptors (Lipinski definition) is 2. The van der Waals surface area contributed by atoms with Gasteiger partial charge in [-0.25, -0.2) is 4.39 Å². The molecule has 2 nitrogen and oxygen atoms in total. The Kier molecular flexibility index (Phi) is 1.49. The van der Waals surface area contributed by atoms with E-state index in [0.29, 0.717) is 12.8 Å². The van der Waals surface area contributed by atoms with Crippen molar-refractivity contribution in [3.05, 3.63) is 0 Å². The van der Waals surface area contributed by atoms with Crippen molar-refractivity contribution in [2.75, 3.05) is 6.67 Å². The van der Waals surface area contributed by atoms with E-state index < -0.39 is 23.3 Å². The van der Waals surface area contributed by atoms with Gasteiger partial charge in [0, 0.05) is 5.92 Å². The number of carbonyl (C=O) groups is 2. The maximum absolute atomic E-state index is 12.9. The van der Waals surface area contributed by atoms with E-state index in [1.54, 1.807) is 0 Å². The zero-order chi connectivity index (χ0) is 9.85. The lowest BCUT2D eigenvalue weighted by Gasteiger charge is -2.32. The van der Waals surface area contributed by atoms with Gasteiger partial charge in [-0.2, -0.15) is 0 Å². The molecule has 0 amide bonds. The molecule has 0 saturated heterocycles. The second kappa shape index (κ2) is 2.20. The van der Waals surface area contributed by atoms with Gasteiger partial charge >= 0.3 is 0 Å². The Morgan fingerprint density at radius 1 is 1.46 bits per heavy atom. The molecule has 2 aliphatic rings. The molecule has 0 aromatic heterocycles. The van der Waals surface area contributed by atoms with Crippen LogP contribution in [0.1, 0.15) is 26.7 Å². The first kappa shape index (κ1) is 8.85. The molecule has 2 fully saturated rings. The SMILES string of the molecule is CC1(C)C2CCC1(CF)C(=O)C2=O. The van der Waals surface area contributed by atoms with Gasteiger partial charge in [-0.15, -0.1) is 0 Å². The van der Waals surface area contributed by atoms with Crippen LogP contribution >= 0.6 is 0 Å². The van der Waals surface area contributed by atoms with Gasteiger partial charge in [0.25, 0.3) is 0 Å². The highest BCUT2D eigenvalue weighted by Crippen LogP contribution is 2.62. The highest BCUT2D eigenvalue weighted by Gasteiger charge is 2.68. The highest BCUT2D eigenvalue weighted by atomic mass is 19.1. The van der Waals surface area contributed by atoms with Crippen LogP contribution in [0.3, 0.4) is 0 Å². The Labute approximate surface area is 76.5 Å². The number of halogens is 1. The summed E-state index contributed by atoms with van der Waals surface area (Å²) in [5.41, 5.74) is -1.44. The molecule has 2 atom stereocenters. The molecule has 0 aromatic carbocycles. The molecule has 3 heteroatoms. The van der Waals surface area contributed by atoms with Gasteiger partial charge in [0.15, 0.2) is 0 Å². The number of carbonyl (C=O) groups excluding carboxylic acids is 2. The summed E-state index contributed by atoms with van der Waals surface area (Å²) in [5, 5.41) is 0. The van der Waals surface area contributed by atoms with Gasteiger partial charge in [0.05, 0.1) is 5.41 Å². The molecule has 0 radical (unpaired) electrons. The van der Waals surface area contributed by atoms with E-state index in [0.717, 1.165) is 0 Å². The fraction of sp³-hybridized carbons (Fsp3) is 0.800. The van der Waals surface area contributed by atoms with Crippen molar-refractivity contribution in [3.63, 3.8) is 0 Å². The van der Waals surface area contributed by atoms with Gasteiger partial charge in [-0.05, 0) is 18.3 Å². The molecule has 0 spiro atoms. The number of alkyl halides is 1. The van der Waals surface area contributed by atoms with Crippen molar-refractivity contribution in [2.24, 2.45) is 16.7 Å². The Hall–Kier alpha value is -0.730. The molecule has 0 aromatic rings. The van der Waals surface area contributed by atoms with E-state index in [4.69, 9.17) is 0 Å². The summed E-state index contributed by atoms with van der Waals surface area (Å²) in [6.07, 6.45) is 1.23. The summed E-state index contributed by atoms with van der Waals surface area (Å²) >= 11 is 0. The third-order valence-electron chi connectivity index (χ3n) is 4.17. The number of hydrogen-bond donors (Lipinski definition) is 0. The van der Waals surface area contributed by atoms with Crippen LogP contribution in [0, 0.1) is 16.7 Å². The van der Waals surface area contributed by atoms with Gasteiger partial charge in [0.2, 0.25) is 11.6 Å². The van der Waals surface area contributed by atoms with Crippen LogP contribution in [0.5, 0.6) is 0 Å². The van der Waals surface area contributed by atoms with Crippen LogP contribution in [-0.4, -0.2) is 18.2 Å². The monoisotopic (exact) mass is 184 g/mol. The number of fused-ring (bicyclic) bond motifs is 2. The summed E-state index contributed by atoms with van der Waals surface area (Å²) in [4.78, 5) is 23.0. The van der Waals surface area contributed by atoms with Crippen molar-refractivity contribution in [1.29, 1.82) is 0 Å². The molecule has 13 heavy (non-hydrogen) atoms. The Balaban J connectivity index is 2.56. The van der Waals surface area contributed by atoms with E-state index in [1.165, 1.54) is 0 Å². The van der Waals surface area contributed by atoms with E-state index in [2.05, 4.69) is 0 Å². The molecule has 2 unspecified atom stereocenters. The minimum Gasteiger partial charge on any atom is -0.291 e. The molecule has 2 aliphatic carbocycles. The fourth-order valence-electron chi connectivity index (χ4n) is 2.97. The van der Waals surface area contributed by atoms with E-state index in [1.807, 2.05) is 13.8 Å². The minimum absolute atomic E-state index is 0.226. The van der Waals surface area contributed by atoms with Crippen molar-refractivity contribution in [2.45, 2.75) is 26.7 Å². The van der Waals surface area contributed by atoms with Gasteiger partial charge in [-0.1, -0.05) is 13.8 Å². The zero-order valence-electron chi connectivity index (χ0n) is 7.89. The molecular weight excluding hydrogens is 171 g/mol. The maximum Gasteiger partial charge on any atom is 0.207 e. The predicted molar refractivity (Wildman–Crippen MR) is 44.9 cm³/mol. The summed E-state index contributed by atoms with van der Waals surface area (Å²) in [7, 11) is 0. The second-order valence-electron chi connectivity index (χ2n) is 4.72. The molecule has 0 heterocycles. The van der Waals surface area contributed by atoms with Crippen LogP contribution in [0.25, 0.3) is 0 Å². The summed E-state index contributed by atoms with van der Waals surface area (Å²) in [6, 6.07) is 0. The zero-order valence-corrected chi connectivity index (χ0v) is 7.89. The van der Waals surface area contributed by atoms with Crippen LogP contribution in [-0.2, 0) is 9.59 Å². The highest BCUT2D eigenvalue weighted by molar-refractivity contribution is 6.43. The molecule has 72 valence electrons. The largest absolute Gasteiger partial charge is 0.291 e. The minimum atomic E-state index is -0.977. The van der Waals surface area contributed by atoms with Crippen molar-refractivity contribution in [3.8, 4) is 0 Å². The molecule has 0 aliphatic heterocycles. The molecule has 2 rings (SSSR count). The first-order chi connectivity index (χ1) is 5.97. The lowest BCUT2D eigenvalue weighted by Crippen LogP contribution is -2.38. The molecule has 2 saturated carbocycles. The maximum atomic E-state index is 12.9. The van der Waals surface area contributed by atoms with Crippen molar-refractivity contribution < 1.29 is 14.0 Å². The van der Waals surface area contributed by atoms with Gasteiger partial charge < -0.3 is 0 Å². The lowest BCUT2D eigenvalue weighted by atomic mass is 9.70. The van der Waals surface area contributed by atoms with Gasteiger partial charge in [-0.3, -0.25) is 9.59 Å². The van der Waals surface area contributed by atoms with Crippen LogP contribution in [0.2, 0.25) is 0 Å². The third kappa shape index (κ3) is 0.697. The topological polar surface area (TPSA) is 34.1 Å². The van der Waals surface area contributed by atoms with Crippen molar-refractivity contribution in [1.82, 2.24) is 0 Å². The number of Topliss-reactive ketones (excluding diaryl/α,β-unsaturated/α-hetero) is 2. The normalized spacial score (nSPS) is 41.6. The smallest absolute Gasteiger partial charge is 0.207 e. The predicted octanol–water partition coefficient (Wildman–Crippen LogP) is 1.53. The van der Waals surface area contributed by atoms with Crippen LogP contribution in [0.15, 0.2) is 0 Å². The fourth-order valence-corrected chi connectivity index (χ4v) is 2.97. The van der Waals surface area contributed by atoms with Gasteiger partial charge in [0.1, 0.15) is 6.67 Å². The Morgan fingerprint density at radius 3 is 2.38 bits per heavy atom. The third-order valence-corrected chi connectivity index (χ3v) is 4.17. The van der Waals surface area contributed by atoms with Crippen LogP contribution in [0.4, 0.5) is 4.39 Å². The van der Waals surface area contributed by atoms with E-state index in [9.17, 15) is 14.0 Å². The van der Waals surface area contributed by atoms with Crippen molar-refractivity contribution >= 4 is 11.6 Å². The molecule has 0 N–H and O–H groups in total. The average Bonchev–Trinajstić information content (AvgIpc) is 2.41.